The van der Waals surface area contributed by atoms with Gasteiger partial charge in [-0.15, -0.1) is 0 Å². The normalized spacial score (nSPS) is 20.2. The molecule has 1 aliphatic heterocycles. The number of benzene rings is 1. The van der Waals surface area contributed by atoms with Crippen LogP contribution in [0.5, 0.6) is 0 Å². The molecular formula is C18H18ClN3O2. The molecule has 1 saturated heterocycles. The van der Waals surface area contributed by atoms with E-state index in [1.54, 1.807) is 18.2 Å². The lowest BCUT2D eigenvalue weighted by Gasteiger charge is -2.23. The lowest BCUT2D eigenvalue weighted by atomic mass is 9.90. The van der Waals surface area contributed by atoms with Gasteiger partial charge < -0.3 is 9.64 Å². The van der Waals surface area contributed by atoms with E-state index in [9.17, 15) is 10.1 Å². The summed E-state index contributed by atoms with van der Waals surface area (Å²) >= 11 is 6.02. The standard InChI is InChI=1S/C18H18ClN3O2/c1-3-24-17(23)18(2)6-7-22(11-18)16-8-12(10-20)14-9-13(19)4-5-15(14)21-16/h4-5,8-9H,3,6-7,11H2,1-2H3. The fourth-order valence-corrected chi connectivity index (χ4v) is 3.24. The molecule has 1 fully saturated rings. The van der Waals surface area contributed by atoms with Crippen LogP contribution in [0.25, 0.3) is 10.9 Å². The first-order valence-electron chi connectivity index (χ1n) is 7.89. The maximum atomic E-state index is 12.2. The maximum absolute atomic E-state index is 12.2. The molecule has 1 aliphatic rings. The molecule has 24 heavy (non-hydrogen) atoms. The van der Waals surface area contributed by atoms with E-state index >= 15 is 0 Å². The van der Waals surface area contributed by atoms with Gasteiger partial charge >= 0.3 is 5.97 Å². The molecule has 0 aliphatic carbocycles. The Morgan fingerprint density at radius 3 is 3.00 bits per heavy atom. The second-order valence-electron chi connectivity index (χ2n) is 6.25. The second kappa shape index (κ2) is 6.29. The summed E-state index contributed by atoms with van der Waals surface area (Å²) in [6, 6.07) is 9.28. The largest absolute Gasteiger partial charge is 0.466 e. The summed E-state index contributed by atoms with van der Waals surface area (Å²) in [6.45, 7) is 5.33. The smallest absolute Gasteiger partial charge is 0.313 e. The molecule has 6 heteroatoms. The topological polar surface area (TPSA) is 66.2 Å². The van der Waals surface area contributed by atoms with Crippen LogP contribution in [0, 0.1) is 16.7 Å². The van der Waals surface area contributed by atoms with E-state index in [2.05, 4.69) is 11.1 Å². The minimum atomic E-state index is -0.542. The number of nitrogens with zero attached hydrogens (tertiary/aromatic N) is 3. The van der Waals surface area contributed by atoms with Crippen molar-refractivity contribution in [2.24, 2.45) is 5.41 Å². The summed E-state index contributed by atoms with van der Waals surface area (Å²) in [5, 5.41) is 10.8. The predicted molar refractivity (Wildman–Crippen MR) is 93.0 cm³/mol. The van der Waals surface area contributed by atoms with Crippen LogP contribution in [0.4, 0.5) is 5.82 Å². The van der Waals surface area contributed by atoms with Crippen LogP contribution in [-0.2, 0) is 9.53 Å². The van der Waals surface area contributed by atoms with Crippen LogP contribution >= 0.6 is 11.6 Å². The van der Waals surface area contributed by atoms with Crippen molar-refractivity contribution in [3.8, 4) is 6.07 Å². The fraction of sp³-hybridized carbons (Fsp3) is 0.389. The average molecular weight is 344 g/mol. The van der Waals surface area contributed by atoms with E-state index in [0.717, 1.165) is 10.9 Å². The number of carbonyl (C=O) groups excluding carboxylic acids is 1. The highest BCUT2D eigenvalue weighted by molar-refractivity contribution is 6.31. The number of halogens is 1. The molecule has 0 bridgehead atoms. The Morgan fingerprint density at radius 1 is 1.50 bits per heavy atom. The first-order valence-corrected chi connectivity index (χ1v) is 8.27. The highest BCUT2D eigenvalue weighted by Crippen LogP contribution is 2.35. The van der Waals surface area contributed by atoms with Gasteiger partial charge in [0.25, 0.3) is 0 Å². The van der Waals surface area contributed by atoms with Crippen LogP contribution in [0.2, 0.25) is 5.02 Å². The van der Waals surface area contributed by atoms with Crippen molar-refractivity contribution >= 4 is 34.3 Å². The third-order valence-corrected chi connectivity index (χ3v) is 4.68. The SMILES string of the molecule is CCOC(=O)C1(C)CCN(c2cc(C#N)c3cc(Cl)ccc3n2)C1. The highest BCUT2D eigenvalue weighted by atomic mass is 35.5. The summed E-state index contributed by atoms with van der Waals surface area (Å²) in [5.41, 5.74) is 0.708. The number of fused-ring (bicyclic) bond motifs is 1. The number of hydrogen-bond donors (Lipinski definition) is 0. The Morgan fingerprint density at radius 2 is 2.29 bits per heavy atom. The Hall–Kier alpha value is -2.32. The molecule has 0 N–H and O–H groups in total. The molecule has 2 aromatic rings. The van der Waals surface area contributed by atoms with E-state index in [1.165, 1.54) is 0 Å². The molecule has 2 heterocycles. The minimum Gasteiger partial charge on any atom is -0.466 e. The van der Waals surface area contributed by atoms with Gasteiger partial charge in [0.2, 0.25) is 0 Å². The molecule has 124 valence electrons. The number of anilines is 1. The molecule has 0 radical (unpaired) electrons. The van der Waals surface area contributed by atoms with Crippen molar-refractivity contribution in [3.63, 3.8) is 0 Å². The van der Waals surface area contributed by atoms with E-state index in [1.807, 2.05) is 24.8 Å². The molecular weight excluding hydrogens is 326 g/mol. The van der Waals surface area contributed by atoms with Gasteiger partial charge in [-0.1, -0.05) is 11.6 Å². The number of rotatable bonds is 3. The van der Waals surface area contributed by atoms with Crippen LogP contribution in [-0.4, -0.2) is 30.6 Å². The molecule has 3 rings (SSSR count). The number of carbonyl (C=O) groups is 1. The van der Waals surface area contributed by atoms with Crippen molar-refractivity contribution in [1.82, 2.24) is 4.98 Å². The van der Waals surface area contributed by atoms with Crippen LogP contribution in [0.3, 0.4) is 0 Å². The van der Waals surface area contributed by atoms with Gasteiger partial charge in [-0.05, 0) is 44.5 Å². The van der Waals surface area contributed by atoms with Gasteiger partial charge in [-0.3, -0.25) is 4.79 Å². The van der Waals surface area contributed by atoms with Gasteiger partial charge in [0.05, 0.1) is 29.2 Å². The Kier molecular flexibility index (Phi) is 4.33. The summed E-state index contributed by atoms with van der Waals surface area (Å²) in [6.07, 6.45) is 0.702. The zero-order valence-corrected chi connectivity index (χ0v) is 14.4. The summed E-state index contributed by atoms with van der Waals surface area (Å²) in [4.78, 5) is 18.9. The van der Waals surface area contributed by atoms with Crippen LogP contribution in [0.15, 0.2) is 24.3 Å². The lowest BCUT2D eigenvalue weighted by molar-refractivity contribution is -0.153. The number of esters is 1. The number of aromatic nitrogens is 1. The second-order valence-corrected chi connectivity index (χ2v) is 6.69. The third kappa shape index (κ3) is 2.90. The first-order chi connectivity index (χ1) is 11.5. The molecule has 1 aromatic carbocycles. The number of nitriles is 1. The Bertz CT molecular complexity index is 846. The van der Waals surface area contributed by atoms with E-state index in [0.29, 0.717) is 42.5 Å². The molecule has 5 nitrogen and oxygen atoms in total. The van der Waals surface area contributed by atoms with Crippen molar-refractivity contribution in [2.45, 2.75) is 20.3 Å². The van der Waals surface area contributed by atoms with Crippen molar-refractivity contribution in [2.75, 3.05) is 24.6 Å². The van der Waals surface area contributed by atoms with Gasteiger partial charge in [0.1, 0.15) is 5.82 Å². The Balaban J connectivity index is 1.95. The van der Waals surface area contributed by atoms with Crippen molar-refractivity contribution in [1.29, 1.82) is 5.26 Å². The van der Waals surface area contributed by atoms with Gasteiger partial charge in [-0.25, -0.2) is 4.98 Å². The minimum absolute atomic E-state index is 0.180. The van der Waals surface area contributed by atoms with Crippen molar-refractivity contribution in [3.05, 3.63) is 34.9 Å². The summed E-state index contributed by atoms with van der Waals surface area (Å²) < 4.78 is 5.19. The van der Waals surface area contributed by atoms with Crippen LogP contribution < -0.4 is 4.90 Å². The predicted octanol–water partition coefficient (Wildman–Crippen LogP) is 3.54. The zero-order valence-electron chi connectivity index (χ0n) is 13.7. The molecule has 0 amide bonds. The lowest BCUT2D eigenvalue weighted by Crippen LogP contribution is -2.33. The molecule has 0 saturated carbocycles. The van der Waals surface area contributed by atoms with Crippen molar-refractivity contribution < 1.29 is 9.53 Å². The average Bonchev–Trinajstić information content (AvgIpc) is 2.98. The molecule has 1 atom stereocenters. The van der Waals surface area contributed by atoms with Gasteiger partial charge in [0, 0.05) is 23.5 Å². The maximum Gasteiger partial charge on any atom is 0.313 e. The highest BCUT2D eigenvalue weighted by Gasteiger charge is 2.42. The molecule has 1 aromatic heterocycles. The van der Waals surface area contributed by atoms with E-state index in [-0.39, 0.29) is 5.97 Å². The third-order valence-electron chi connectivity index (χ3n) is 4.44. The number of ether oxygens (including phenoxy) is 1. The first kappa shape index (κ1) is 16.5. The van der Waals surface area contributed by atoms with E-state index in [4.69, 9.17) is 16.3 Å². The summed E-state index contributed by atoms with van der Waals surface area (Å²) in [5.74, 6) is 0.523. The monoisotopic (exact) mass is 343 g/mol. The number of pyridine rings is 1. The van der Waals surface area contributed by atoms with E-state index < -0.39 is 5.41 Å². The van der Waals surface area contributed by atoms with Gasteiger partial charge in [0.15, 0.2) is 0 Å². The quantitative estimate of drug-likeness (QED) is 0.797. The number of hydrogen-bond acceptors (Lipinski definition) is 5. The summed E-state index contributed by atoms with van der Waals surface area (Å²) in [7, 11) is 0. The van der Waals surface area contributed by atoms with Gasteiger partial charge in [-0.2, -0.15) is 5.26 Å². The Labute approximate surface area is 145 Å². The molecule has 0 spiro atoms. The van der Waals surface area contributed by atoms with Crippen LogP contribution in [0.1, 0.15) is 25.8 Å². The fourth-order valence-electron chi connectivity index (χ4n) is 3.07. The molecule has 1 unspecified atom stereocenters. The zero-order chi connectivity index (χ0) is 17.3.